The van der Waals surface area contributed by atoms with E-state index in [9.17, 15) is 14.4 Å². The number of methoxy groups -OCH3 is 2. The molecular formula is C27H28N4O7. The maximum Gasteiger partial charge on any atom is 0.339 e. The topological polar surface area (TPSA) is 129 Å². The van der Waals surface area contributed by atoms with E-state index in [2.05, 4.69) is 15.3 Å². The summed E-state index contributed by atoms with van der Waals surface area (Å²) in [6.07, 6.45) is 4.69. The van der Waals surface area contributed by atoms with Crippen LogP contribution in [-0.4, -0.2) is 67.8 Å². The van der Waals surface area contributed by atoms with Gasteiger partial charge in [-0.1, -0.05) is 0 Å². The molecule has 0 spiro atoms. The number of nitrogens with zero attached hydrogens (tertiary/aromatic N) is 3. The first-order chi connectivity index (χ1) is 18.4. The minimum absolute atomic E-state index is 0.181. The zero-order valence-electron chi connectivity index (χ0n) is 21.4. The lowest BCUT2D eigenvalue weighted by molar-refractivity contribution is -0.143. The highest BCUT2D eigenvalue weighted by molar-refractivity contribution is 6.11. The van der Waals surface area contributed by atoms with Gasteiger partial charge in [0.15, 0.2) is 11.5 Å². The van der Waals surface area contributed by atoms with Crippen LogP contribution >= 0.6 is 0 Å². The fourth-order valence-corrected chi connectivity index (χ4v) is 5.01. The third-order valence-corrected chi connectivity index (χ3v) is 6.74. The first-order valence-corrected chi connectivity index (χ1v) is 12.4. The average molecular weight is 521 g/mol. The Labute approximate surface area is 219 Å². The van der Waals surface area contributed by atoms with Gasteiger partial charge in [0.2, 0.25) is 11.9 Å². The molecule has 0 aliphatic carbocycles. The lowest BCUT2D eigenvalue weighted by atomic mass is 9.91. The molecule has 0 unspecified atom stereocenters. The van der Waals surface area contributed by atoms with Gasteiger partial charge in [0.05, 0.1) is 26.4 Å². The number of amides is 1. The standard InChI is InChI=1S/C27H28N4O7/c1-4-37-22(32)13-28-25(33)19-6-5-7-31(19)27-29-11-17(12-30-27)23-18-10-21(36-3)20(35-2)9-15(18)8-16-14-38-26(34)24(16)23/h8-12,19H,4-7,13-14H2,1-3H3,(H,28,33)/t19-/m0/s1. The van der Waals surface area contributed by atoms with Crippen molar-refractivity contribution in [1.82, 2.24) is 15.3 Å². The summed E-state index contributed by atoms with van der Waals surface area (Å²) < 4.78 is 21.2. The Hall–Kier alpha value is -4.41. The average Bonchev–Trinajstić information content (AvgIpc) is 3.57. The summed E-state index contributed by atoms with van der Waals surface area (Å²) in [4.78, 5) is 48.1. The predicted octanol–water partition coefficient (Wildman–Crippen LogP) is 2.63. The summed E-state index contributed by atoms with van der Waals surface area (Å²) in [6.45, 7) is 2.56. The Bertz CT molecular complexity index is 1410. The van der Waals surface area contributed by atoms with Crippen LogP contribution in [-0.2, 0) is 25.7 Å². The highest BCUT2D eigenvalue weighted by atomic mass is 16.5. The summed E-state index contributed by atoms with van der Waals surface area (Å²) in [5, 5.41) is 4.27. The van der Waals surface area contributed by atoms with Gasteiger partial charge in [0.1, 0.15) is 19.2 Å². The van der Waals surface area contributed by atoms with E-state index in [0.29, 0.717) is 47.1 Å². The van der Waals surface area contributed by atoms with Gasteiger partial charge in [-0.3, -0.25) is 9.59 Å². The molecule has 1 amide bonds. The Morgan fingerprint density at radius 2 is 1.84 bits per heavy atom. The van der Waals surface area contributed by atoms with Crippen LogP contribution in [0.1, 0.15) is 35.7 Å². The van der Waals surface area contributed by atoms with Gasteiger partial charge >= 0.3 is 11.9 Å². The molecule has 11 heteroatoms. The highest BCUT2D eigenvalue weighted by Gasteiger charge is 2.33. The molecule has 11 nitrogen and oxygen atoms in total. The number of aromatic nitrogens is 2. The largest absolute Gasteiger partial charge is 0.493 e. The third kappa shape index (κ3) is 4.55. The van der Waals surface area contributed by atoms with Gasteiger partial charge < -0.3 is 29.2 Å². The van der Waals surface area contributed by atoms with Crippen LogP contribution in [0.25, 0.3) is 21.9 Å². The lowest BCUT2D eigenvalue weighted by Gasteiger charge is -2.24. The number of carbonyl (C=O) groups is 3. The maximum absolute atomic E-state index is 12.8. The molecule has 1 atom stereocenters. The monoisotopic (exact) mass is 520 g/mol. The van der Waals surface area contributed by atoms with Gasteiger partial charge in [-0.2, -0.15) is 0 Å². The normalized spacial score (nSPS) is 16.2. The van der Waals surface area contributed by atoms with Crippen molar-refractivity contribution in [3.63, 3.8) is 0 Å². The molecule has 2 aliphatic heterocycles. The van der Waals surface area contributed by atoms with Crippen molar-refractivity contribution >= 4 is 34.6 Å². The molecule has 3 heterocycles. The molecule has 1 saturated heterocycles. The number of carbonyl (C=O) groups excluding carboxylic acids is 3. The molecule has 0 saturated carbocycles. The molecule has 198 valence electrons. The van der Waals surface area contributed by atoms with E-state index in [1.54, 1.807) is 33.5 Å². The first-order valence-electron chi connectivity index (χ1n) is 12.4. The van der Waals surface area contributed by atoms with Crippen molar-refractivity contribution in [3.05, 3.63) is 41.7 Å². The molecule has 1 aromatic heterocycles. The quantitative estimate of drug-likeness (QED) is 0.443. The minimum Gasteiger partial charge on any atom is -0.493 e. The van der Waals surface area contributed by atoms with E-state index < -0.39 is 18.0 Å². The van der Waals surface area contributed by atoms with Crippen LogP contribution in [0.3, 0.4) is 0 Å². The molecule has 0 radical (unpaired) electrons. The Balaban J connectivity index is 1.48. The van der Waals surface area contributed by atoms with E-state index >= 15 is 0 Å². The van der Waals surface area contributed by atoms with Crippen LogP contribution in [0.4, 0.5) is 5.95 Å². The predicted molar refractivity (Wildman–Crippen MR) is 137 cm³/mol. The van der Waals surface area contributed by atoms with Crippen LogP contribution in [0.5, 0.6) is 11.5 Å². The fraction of sp³-hybridized carbons (Fsp3) is 0.370. The zero-order chi connectivity index (χ0) is 26.8. The lowest BCUT2D eigenvalue weighted by Crippen LogP contribution is -2.45. The molecule has 5 rings (SSSR count). The summed E-state index contributed by atoms with van der Waals surface area (Å²) in [6, 6.07) is 5.11. The Kier molecular flexibility index (Phi) is 6.99. The molecule has 2 aliphatic rings. The first kappa shape index (κ1) is 25.2. The summed E-state index contributed by atoms with van der Waals surface area (Å²) in [5.74, 6) is 0.318. The molecule has 3 aromatic rings. The van der Waals surface area contributed by atoms with Crippen LogP contribution in [0, 0.1) is 0 Å². The smallest absolute Gasteiger partial charge is 0.339 e. The Morgan fingerprint density at radius 3 is 2.55 bits per heavy atom. The number of hydrogen-bond acceptors (Lipinski definition) is 10. The number of rotatable bonds is 8. The van der Waals surface area contributed by atoms with Gasteiger partial charge in [0, 0.05) is 35.6 Å². The zero-order valence-corrected chi connectivity index (χ0v) is 21.4. The van der Waals surface area contributed by atoms with Crippen LogP contribution in [0.2, 0.25) is 0 Å². The van der Waals surface area contributed by atoms with Gasteiger partial charge in [0.25, 0.3) is 0 Å². The second kappa shape index (κ2) is 10.5. The fourth-order valence-electron chi connectivity index (χ4n) is 5.01. The second-order valence-corrected chi connectivity index (χ2v) is 8.94. The van der Waals surface area contributed by atoms with Gasteiger partial charge in [-0.05, 0) is 48.7 Å². The highest BCUT2D eigenvalue weighted by Crippen LogP contribution is 2.42. The third-order valence-electron chi connectivity index (χ3n) is 6.74. The molecule has 38 heavy (non-hydrogen) atoms. The number of anilines is 1. The number of cyclic esters (lactones) is 1. The molecular weight excluding hydrogens is 492 g/mol. The van der Waals surface area contributed by atoms with E-state index in [4.69, 9.17) is 18.9 Å². The Morgan fingerprint density at radius 1 is 1.11 bits per heavy atom. The minimum atomic E-state index is -0.496. The number of ether oxygens (including phenoxy) is 4. The number of nitrogens with one attached hydrogen (secondary N) is 1. The van der Waals surface area contributed by atoms with Crippen molar-refractivity contribution in [2.45, 2.75) is 32.4 Å². The molecule has 1 N–H and O–H groups in total. The van der Waals surface area contributed by atoms with Crippen molar-refractivity contribution in [2.24, 2.45) is 0 Å². The summed E-state index contributed by atoms with van der Waals surface area (Å²) >= 11 is 0. The van der Waals surface area contributed by atoms with E-state index in [0.717, 1.165) is 22.8 Å². The van der Waals surface area contributed by atoms with Crippen LogP contribution in [0.15, 0.2) is 30.6 Å². The van der Waals surface area contributed by atoms with E-state index in [-0.39, 0.29) is 25.7 Å². The van der Waals surface area contributed by atoms with Crippen molar-refractivity contribution < 1.29 is 33.3 Å². The number of benzene rings is 2. The maximum atomic E-state index is 12.8. The number of fused-ring (bicyclic) bond motifs is 2. The SMILES string of the molecule is CCOC(=O)CNC(=O)[C@@H]1CCCN1c1ncc(-c2c3c(cc4cc(OC)c(OC)cc24)COC3=O)cn1. The van der Waals surface area contributed by atoms with Gasteiger partial charge in [-0.15, -0.1) is 0 Å². The van der Waals surface area contributed by atoms with E-state index in [1.807, 2.05) is 23.1 Å². The van der Waals surface area contributed by atoms with Crippen molar-refractivity contribution in [1.29, 1.82) is 0 Å². The second-order valence-electron chi connectivity index (χ2n) is 8.94. The molecule has 1 fully saturated rings. The van der Waals surface area contributed by atoms with Crippen LogP contribution < -0.4 is 19.7 Å². The molecule has 2 aromatic carbocycles. The number of esters is 2. The van der Waals surface area contributed by atoms with Crippen molar-refractivity contribution in [2.75, 3.05) is 38.8 Å². The number of hydrogen-bond donors (Lipinski definition) is 1. The van der Waals surface area contributed by atoms with Gasteiger partial charge in [-0.25, -0.2) is 14.8 Å². The summed E-state index contributed by atoms with van der Waals surface area (Å²) in [5.41, 5.74) is 2.52. The molecule has 0 bridgehead atoms. The van der Waals surface area contributed by atoms with Crippen molar-refractivity contribution in [3.8, 4) is 22.6 Å². The van der Waals surface area contributed by atoms with E-state index in [1.165, 1.54) is 0 Å². The summed E-state index contributed by atoms with van der Waals surface area (Å²) in [7, 11) is 3.12.